The van der Waals surface area contributed by atoms with Gasteiger partial charge in [0.25, 0.3) is 5.91 Å². The molecule has 0 fully saturated rings. The number of nitrogens with one attached hydrogen (secondary N) is 2. The van der Waals surface area contributed by atoms with E-state index in [4.69, 9.17) is 9.47 Å². The monoisotopic (exact) mass is 400 g/mol. The van der Waals surface area contributed by atoms with Crippen molar-refractivity contribution in [3.05, 3.63) is 41.3 Å². The predicted molar refractivity (Wildman–Crippen MR) is 105 cm³/mol. The molecule has 4 rings (SSSR count). The number of aromatic nitrogens is 4. The van der Waals surface area contributed by atoms with Gasteiger partial charge in [0.05, 0.1) is 24.6 Å². The number of anilines is 1. The van der Waals surface area contributed by atoms with E-state index in [9.17, 15) is 4.79 Å². The number of nitrogens with zero attached hydrogens (tertiary/aromatic N) is 4. The number of ether oxygens (including phenoxy) is 2. The summed E-state index contributed by atoms with van der Waals surface area (Å²) in [4.78, 5) is 21.3. The van der Waals surface area contributed by atoms with Crippen molar-refractivity contribution in [2.24, 2.45) is 7.05 Å². The zero-order valence-electron chi connectivity index (χ0n) is 15.3. The molecule has 0 radical (unpaired) electrons. The van der Waals surface area contributed by atoms with E-state index in [1.165, 1.54) is 11.3 Å². The molecule has 1 amide bonds. The van der Waals surface area contributed by atoms with E-state index in [1.807, 2.05) is 19.2 Å². The van der Waals surface area contributed by atoms with Crippen LogP contribution in [0, 0.1) is 0 Å². The molecule has 0 aromatic carbocycles. The maximum absolute atomic E-state index is 12.6. The second-order valence-corrected chi connectivity index (χ2v) is 7.03. The van der Waals surface area contributed by atoms with E-state index in [2.05, 4.69) is 25.7 Å². The highest BCUT2D eigenvalue weighted by molar-refractivity contribution is 7.13. The van der Waals surface area contributed by atoms with E-state index in [1.54, 1.807) is 22.5 Å². The molecule has 28 heavy (non-hydrogen) atoms. The van der Waals surface area contributed by atoms with E-state index in [-0.39, 0.29) is 5.91 Å². The summed E-state index contributed by atoms with van der Waals surface area (Å²) >= 11 is 1.40. The van der Waals surface area contributed by atoms with Crippen LogP contribution in [0.15, 0.2) is 29.9 Å². The highest BCUT2D eigenvalue weighted by Gasteiger charge is 2.16. The van der Waals surface area contributed by atoms with Gasteiger partial charge in [-0.2, -0.15) is 5.10 Å². The molecule has 3 aromatic heterocycles. The Bertz CT molecular complexity index is 970. The van der Waals surface area contributed by atoms with Crippen molar-refractivity contribution in [1.82, 2.24) is 25.1 Å². The van der Waals surface area contributed by atoms with Crippen molar-refractivity contribution in [3.63, 3.8) is 0 Å². The van der Waals surface area contributed by atoms with Gasteiger partial charge < -0.3 is 20.1 Å². The van der Waals surface area contributed by atoms with Crippen LogP contribution in [0.25, 0.3) is 10.6 Å². The van der Waals surface area contributed by atoms with Gasteiger partial charge in [-0.3, -0.25) is 9.48 Å². The normalized spacial score (nSPS) is 15.7. The average molecular weight is 400 g/mol. The van der Waals surface area contributed by atoms with Gasteiger partial charge in [-0.15, -0.1) is 11.3 Å². The van der Waals surface area contributed by atoms with Crippen LogP contribution in [-0.2, 0) is 18.3 Å². The number of aryl methyl sites for hydroxylation is 1. The van der Waals surface area contributed by atoms with E-state index in [0.717, 1.165) is 16.3 Å². The highest BCUT2D eigenvalue weighted by atomic mass is 32.1. The third-order valence-corrected chi connectivity index (χ3v) is 4.96. The Labute approximate surface area is 165 Å². The number of thiazole rings is 1. The number of carbonyl (C=O) groups excluding carboxylic acids is 1. The molecule has 0 saturated carbocycles. The number of hydrogen-bond donors (Lipinski definition) is 2. The van der Waals surface area contributed by atoms with Crippen LogP contribution in [0.1, 0.15) is 16.2 Å². The molecule has 4 heterocycles. The van der Waals surface area contributed by atoms with Crippen LogP contribution >= 0.6 is 11.3 Å². The van der Waals surface area contributed by atoms with Crippen LogP contribution in [0.2, 0.25) is 0 Å². The molecule has 0 spiro atoms. The van der Waals surface area contributed by atoms with Gasteiger partial charge in [-0.1, -0.05) is 0 Å². The minimum Gasteiger partial charge on any atom is -0.475 e. The first-order valence-corrected chi connectivity index (χ1v) is 9.74. The van der Waals surface area contributed by atoms with Gasteiger partial charge in [-0.25, -0.2) is 9.97 Å². The van der Waals surface area contributed by atoms with E-state index in [0.29, 0.717) is 50.2 Å². The van der Waals surface area contributed by atoms with Gasteiger partial charge in [0.2, 0.25) is 5.88 Å². The first-order chi connectivity index (χ1) is 13.7. The zero-order valence-corrected chi connectivity index (χ0v) is 16.2. The van der Waals surface area contributed by atoms with Crippen LogP contribution in [0.4, 0.5) is 5.69 Å². The quantitative estimate of drug-likeness (QED) is 0.592. The molecule has 4 bridgehead atoms. The number of pyridine rings is 1. The van der Waals surface area contributed by atoms with Crippen molar-refractivity contribution in [3.8, 4) is 16.5 Å². The van der Waals surface area contributed by atoms with Gasteiger partial charge in [0, 0.05) is 49.5 Å². The largest absolute Gasteiger partial charge is 0.475 e. The Hall–Kier alpha value is -2.82. The third-order valence-electron chi connectivity index (χ3n) is 4.07. The molecule has 3 aromatic rings. The van der Waals surface area contributed by atoms with Crippen molar-refractivity contribution in [2.45, 2.75) is 6.54 Å². The van der Waals surface area contributed by atoms with Crippen molar-refractivity contribution >= 4 is 22.9 Å². The van der Waals surface area contributed by atoms with Gasteiger partial charge >= 0.3 is 0 Å². The standard InChI is InChI=1S/C18H20N6O3S/c1-24-10-14-13(23-24)9-19-4-5-26-6-7-27-16-8-12(2-3-20-16)18-22-15(11-28-18)17(25)21-14/h2-3,8,10-11,19H,4-7,9H2,1H3,(H,21,25). The number of carbonyl (C=O) groups is 1. The summed E-state index contributed by atoms with van der Waals surface area (Å²) in [6.07, 6.45) is 3.44. The third kappa shape index (κ3) is 4.35. The summed E-state index contributed by atoms with van der Waals surface area (Å²) in [5, 5.41) is 13.0. The Morgan fingerprint density at radius 1 is 1.29 bits per heavy atom. The lowest BCUT2D eigenvalue weighted by atomic mass is 10.3. The highest BCUT2D eigenvalue weighted by Crippen LogP contribution is 2.26. The van der Waals surface area contributed by atoms with E-state index >= 15 is 0 Å². The first kappa shape index (κ1) is 18.5. The number of rotatable bonds is 0. The fourth-order valence-corrected chi connectivity index (χ4v) is 3.54. The van der Waals surface area contributed by atoms with Crippen molar-refractivity contribution in [2.75, 3.05) is 31.7 Å². The summed E-state index contributed by atoms with van der Waals surface area (Å²) in [6, 6.07) is 3.65. The number of hydrogen-bond acceptors (Lipinski definition) is 8. The Balaban J connectivity index is 1.61. The summed E-state index contributed by atoms with van der Waals surface area (Å²) in [5.41, 5.74) is 2.63. The second-order valence-electron chi connectivity index (χ2n) is 6.18. The fraction of sp³-hybridized carbons (Fsp3) is 0.333. The van der Waals surface area contributed by atoms with Gasteiger partial charge in [-0.05, 0) is 6.07 Å². The number of fused-ring (bicyclic) bond motifs is 6. The van der Waals surface area contributed by atoms with Crippen LogP contribution < -0.4 is 15.4 Å². The molecule has 2 N–H and O–H groups in total. The molecule has 0 saturated heterocycles. The fourth-order valence-electron chi connectivity index (χ4n) is 2.75. The lowest BCUT2D eigenvalue weighted by Gasteiger charge is -2.09. The molecular formula is C18H20N6O3S. The molecule has 0 atom stereocenters. The lowest BCUT2D eigenvalue weighted by Crippen LogP contribution is -2.22. The molecule has 146 valence electrons. The molecule has 1 aliphatic rings. The van der Waals surface area contributed by atoms with Crippen LogP contribution in [0.5, 0.6) is 5.88 Å². The first-order valence-electron chi connectivity index (χ1n) is 8.86. The molecule has 10 heteroatoms. The summed E-state index contributed by atoms with van der Waals surface area (Å²) in [5.74, 6) is 0.230. The topological polar surface area (TPSA) is 103 Å². The molecular weight excluding hydrogens is 380 g/mol. The molecule has 0 aliphatic carbocycles. The molecule has 9 nitrogen and oxygen atoms in total. The van der Waals surface area contributed by atoms with Crippen LogP contribution in [0.3, 0.4) is 0 Å². The second kappa shape index (κ2) is 8.46. The summed E-state index contributed by atoms with van der Waals surface area (Å²) in [6.45, 7) is 2.61. The summed E-state index contributed by atoms with van der Waals surface area (Å²) < 4.78 is 12.9. The van der Waals surface area contributed by atoms with Gasteiger partial charge in [0.1, 0.15) is 17.3 Å². The Morgan fingerprint density at radius 2 is 2.21 bits per heavy atom. The van der Waals surface area contributed by atoms with Crippen molar-refractivity contribution < 1.29 is 14.3 Å². The minimum absolute atomic E-state index is 0.272. The Kier molecular flexibility index (Phi) is 5.60. The Morgan fingerprint density at radius 3 is 3.14 bits per heavy atom. The maximum atomic E-state index is 12.6. The van der Waals surface area contributed by atoms with E-state index < -0.39 is 0 Å². The smallest absolute Gasteiger partial charge is 0.275 e. The van der Waals surface area contributed by atoms with Crippen LogP contribution in [-0.4, -0.2) is 52.0 Å². The predicted octanol–water partition coefficient (Wildman–Crippen LogP) is 1.69. The minimum atomic E-state index is -0.272. The summed E-state index contributed by atoms with van der Waals surface area (Å²) in [7, 11) is 1.82. The number of amides is 1. The van der Waals surface area contributed by atoms with Gasteiger partial charge in [0.15, 0.2) is 0 Å². The lowest BCUT2D eigenvalue weighted by molar-refractivity contribution is 0.0999. The SMILES string of the molecule is Cn1cc2c(n1)CNCCOCCOc1cc(ccn1)-c1nc(cs1)C(=O)N2. The molecule has 1 aliphatic heterocycles. The maximum Gasteiger partial charge on any atom is 0.275 e. The van der Waals surface area contributed by atoms with Crippen molar-refractivity contribution in [1.29, 1.82) is 0 Å². The zero-order chi connectivity index (χ0) is 19.3. The average Bonchev–Trinajstić information content (AvgIpc) is 3.31. The molecule has 0 unspecified atom stereocenters.